The quantitative estimate of drug-likeness (QED) is 0.816. The van der Waals surface area contributed by atoms with E-state index in [2.05, 4.69) is 5.16 Å². The molecule has 2 rings (SSSR count). The fourth-order valence-electron chi connectivity index (χ4n) is 2.08. The first-order valence-electron chi connectivity index (χ1n) is 5.78. The molecule has 0 radical (unpaired) electrons. The monoisotopic (exact) mass is 244 g/mol. The van der Waals surface area contributed by atoms with Gasteiger partial charge in [0.05, 0.1) is 0 Å². The minimum Gasteiger partial charge on any atom is -0.361 e. The third kappa shape index (κ3) is 2.14. The van der Waals surface area contributed by atoms with Crippen molar-refractivity contribution in [2.45, 2.75) is 20.8 Å². The van der Waals surface area contributed by atoms with Crippen LogP contribution in [0.2, 0.25) is 0 Å². The molecule has 0 unspecified atom stereocenters. The van der Waals surface area contributed by atoms with Crippen molar-refractivity contribution in [2.24, 2.45) is 0 Å². The van der Waals surface area contributed by atoms with Crippen molar-refractivity contribution in [3.63, 3.8) is 0 Å². The third-order valence-electron chi connectivity index (χ3n) is 2.93. The van der Waals surface area contributed by atoms with Gasteiger partial charge in [-0.2, -0.15) is 0 Å². The zero-order valence-electron chi connectivity index (χ0n) is 11.0. The number of rotatable bonds is 2. The molecule has 0 atom stereocenters. The number of aryl methyl sites for hydroxylation is 3. The maximum atomic E-state index is 12.3. The smallest absolute Gasteiger partial charge is 0.280 e. The number of carbonyl (C=O) groups is 1. The molecule has 0 saturated heterocycles. The molecule has 1 amide bonds. The van der Waals surface area contributed by atoms with Crippen LogP contribution < -0.4 is 4.90 Å². The molecule has 1 aromatic heterocycles. The first-order chi connectivity index (χ1) is 8.50. The average molecular weight is 244 g/mol. The van der Waals surface area contributed by atoms with Gasteiger partial charge in [-0.05, 0) is 31.9 Å². The van der Waals surface area contributed by atoms with Crippen molar-refractivity contribution in [1.29, 1.82) is 0 Å². The molecule has 0 spiro atoms. The number of hydrogen-bond donors (Lipinski definition) is 0. The molecule has 0 fully saturated rings. The first-order valence-corrected chi connectivity index (χ1v) is 5.78. The highest BCUT2D eigenvalue weighted by Gasteiger charge is 2.19. The molecule has 1 heterocycles. The average Bonchev–Trinajstić information content (AvgIpc) is 2.74. The number of aromatic nitrogens is 1. The molecule has 1 aromatic carbocycles. The molecule has 0 saturated carbocycles. The van der Waals surface area contributed by atoms with E-state index in [1.807, 2.05) is 32.0 Å². The van der Waals surface area contributed by atoms with Gasteiger partial charge in [0.15, 0.2) is 5.69 Å². The highest BCUT2D eigenvalue weighted by Crippen LogP contribution is 2.24. The number of benzene rings is 1. The summed E-state index contributed by atoms with van der Waals surface area (Å²) in [4.78, 5) is 13.9. The SMILES string of the molecule is Cc1cc(C(=O)N(C)c2c(C)cccc2C)no1. The normalized spacial score (nSPS) is 10.4. The molecule has 0 aliphatic carbocycles. The van der Waals surface area contributed by atoms with E-state index in [1.165, 1.54) is 0 Å². The van der Waals surface area contributed by atoms with E-state index in [0.29, 0.717) is 11.5 Å². The van der Waals surface area contributed by atoms with Crippen LogP contribution in [0.5, 0.6) is 0 Å². The molecule has 0 bridgehead atoms. The summed E-state index contributed by atoms with van der Waals surface area (Å²) in [7, 11) is 1.75. The Balaban J connectivity index is 2.37. The molecule has 2 aromatic rings. The van der Waals surface area contributed by atoms with Crippen LogP contribution in [-0.4, -0.2) is 18.1 Å². The van der Waals surface area contributed by atoms with Crippen molar-refractivity contribution in [3.8, 4) is 0 Å². The number of anilines is 1. The van der Waals surface area contributed by atoms with Crippen LogP contribution >= 0.6 is 0 Å². The predicted octanol–water partition coefficient (Wildman–Crippen LogP) is 2.88. The minimum absolute atomic E-state index is 0.163. The molecular formula is C14H16N2O2. The molecule has 18 heavy (non-hydrogen) atoms. The van der Waals surface area contributed by atoms with Crippen molar-refractivity contribution < 1.29 is 9.32 Å². The summed E-state index contributed by atoms with van der Waals surface area (Å²) in [5.74, 6) is 0.470. The molecule has 0 N–H and O–H groups in total. The second-order valence-electron chi connectivity index (χ2n) is 4.43. The maximum Gasteiger partial charge on any atom is 0.280 e. The van der Waals surface area contributed by atoms with Crippen molar-refractivity contribution >= 4 is 11.6 Å². The summed E-state index contributed by atoms with van der Waals surface area (Å²) in [6.45, 7) is 5.74. The zero-order valence-corrected chi connectivity index (χ0v) is 11.0. The third-order valence-corrected chi connectivity index (χ3v) is 2.93. The number of carbonyl (C=O) groups excluding carboxylic acids is 1. The summed E-state index contributed by atoms with van der Waals surface area (Å²) < 4.78 is 4.93. The van der Waals surface area contributed by atoms with E-state index < -0.39 is 0 Å². The van der Waals surface area contributed by atoms with Gasteiger partial charge in [-0.3, -0.25) is 4.79 Å². The standard InChI is InChI=1S/C14H16N2O2/c1-9-6-5-7-10(2)13(9)16(4)14(17)12-8-11(3)18-15-12/h5-8H,1-4H3. The molecule has 94 valence electrons. The Morgan fingerprint density at radius 3 is 2.33 bits per heavy atom. The molecule has 4 heteroatoms. The zero-order chi connectivity index (χ0) is 13.3. The van der Waals surface area contributed by atoms with Gasteiger partial charge < -0.3 is 9.42 Å². The van der Waals surface area contributed by atoms with Crippen LogP contribution in [-0.2, 0) is 0 Å². The molecule has 0 aliphatic heterocycles. The second-order valence-corrected chi connectivity index (χ2v) is 4.43. The Labute approximate surface area is 106 Å². The fourth-order valence-corrected chi connectivity index (χ4v) is 2.08. The lowest BCUT2D eigenvalue weighted by Gasteiger charge is -2.20. The summed E-state index contributed by atoms with van der Waals surface area (Å²) in [5.41, 5.74) is 3.37. The lowest BCUT2D eigenvalue weighted by molar-refractivity contribution is 0.0984. The maximum absolute atomic E-state index is 12.3. The van der Waals surface area contributed by atoms with E-state index in [4.69, 9.17) is 4.52 Å². The van der Waals surface area contributed by atoms with E-state index in [0.717, 1.165) is 16.8 Å². The number of nitrogens with zero attached hydrogens (tertiary/aromatic N) is 2. The lowest BCUT2D eigenvalue weighted by atomic mass is 10.1. The van der Waals surface area contributed by atoms with Crippen LogP contribution in [0.15, 0.2) is 28.8 Å². The molecule has 0 aliphatic rings. The Morgan fingerprint density at radius 2 is 1.83 bits per heavy atom. The van der Waals surface area contributed by atoms with Crippen LogP contribution in [0.4, 0.5) is 5.69 Å². The minimum atomic E-state index is -0.163. The van der Waals surface area contributed by atoms with E-state index in [1.54, 1.807) is 24.9 Å². The predicted molar refractivity (Wildman–Crippen MR) is 69.9 cm³/mol. The van der Waals surface area contributed by atoms with Crippen LogP contribution in [0.25, 0.3) is 0 Å². The Morgan fingerprint density at radius 1 is 1.22 bits per heavy atom. The second kappa shape index (κ2) is 4.64. The van der Waals surface area contributed by atoms with E-state index >= 15 is 0 Å². The van der Waals surface area contributed by atoms with Crippen LogP contribution in [0.3, 0.4) is 0 Å². The lowest BCUT2D eigenvalue weighted by Crippen LogP contribution is -2.27. The number of para-hydroxylation sites is 1. The van der Waals surface area contributed by atoms with Gasteiger partial charge in [0.1, 0.15) is 5.76 Å². The summed E-state index contributed by atoms with van der Waals surface area (Å²) in [6.07, 6.45) is 0. The number of amides is 1. The highest BCUT2D eigenvalue weighted by molar-refractivity contribution is 6.05. The van der Waals surface area contributed by atoms with Gasteiger partial charge in [-0.1, -0.05) is 23.4 Å². The Bertz CT molecular complexity index is 567. The Hall–Kier alpha value is -2.10. The van der Waals surface area contributed by atoms with Gasteiger partial charge in [-0.15, -0.1) is 0 Å². The van der Waals surface area contributed by atoms with Gasteiger partial charge in [-0.25, -0.2) is 0 Å². The summed E-state index contributed by atoms with van der Waals surface area (Å²) in [5, 5.41) is 3.76. The van der Waals surface area contributed by atoms with Crippen molar-refractivity contribution in [2.75, 3.05) is 11.9 Å². The topological polar surface area (TPSA) is 46.3 Å². The molecule has 4 nitrogen and oxygen atoms in total. The van der Waals surface area contributed by atoms with Gasteiger partial charge in [0, 0.05) is 18.8 Å². The van der Waals surface area contributed by atoms with Crippen molar-refractivity contribution in [3.05, 3.63) is 46.8 Å². The van der Waals surface area contributed by atoms with Crippen LogP contribution in [0.1, 0.15) is 27.4 Å². The van der Waals surface area contributed by atoms with Gasteiger partial charge in [0.25, 0.3) is 5.91 Å². The highest BCUT2D eigenvalue weighted by atomic mass is 16.5. The summed E-state index contributed by atoms with van der Waals surface area (Å²) in [6, 6.07) is 7.60. The molecular weight excluding hydrogens is 228 g/mol. The van der Waals surface area contributed by atoms with Gasteiger partial charge >= 0.3 is 0 Å². The number of hydrogen-bond acceptors (Lipinski definition) is 3. The van der Waals surface area contributed by atoms with E-state index in [-0.39, 0.29) is 5.91 Å². The Kier molecular flexibility index (Phi) is 3.19. The van der Waals surface area contributed by atoms with Crippen molar-refractivity contribution in [1.82, 2.24) is 5.16 Å². The van der Waals surface area contributed by atoms with Gasteiger partial charge in [0.2, 0.25) is 0 Å². The summed E-state index contributed by atoms with van der Waals surface area (Å²) >= 11 is 0. The fraction of sp³-hybridized carbons (Fsp3) is 0.286. The largest absolute Gasteiger partial charge is 0.361 e. The van der Waals surface area contributed by atoms with E-state index in [9.17, 15) is 4.79 Å². The first kappa shape index (κ1) is 12.4. The van der Waals surface area contributed by atoms with Crippen LogP contribution in [0, 0.1) is 20.8 Å².